The second-order valence-electron chi connectivity index (χ2n) is 11.2. The van der Waals surface area contributed by atoms with E-state index in [1.54, 1.807) is 0 Å². The van der Waals surface area contributed by atoms with E-state index in [9.17, 15) is 9.59 Å². The van der Waals surface area contributed by atoms with Gasteiger partial charge in [-0.05, 0) is 58.0 Å². The lowest BCUT2D eigenvalue weighted by Gasteiger charge is -2.19. The third-order valence-electron chi connectivity index (χ3n) is 8.03. The standard InChI is InChI=1S/C39H35NO5/c1-27-15-17-29(18-16-27)24-43-31-21-19-30(20-22-31)25-44-38(41)37(23-28-9-3-2-4-10-28)40-39(42)45-26-36-34-13-7-5-11-32(34)33-12-6-8-14-35(33)36/h2-22,36-37H,23-26H2,1H3,(H,40,42)/t37-/m0/s1. The monoisotopic (exact) mass is 597 g/mol. The maximum Gasteiger partial charge on any atom is 0.407 e. The van der Waals surface area contributed by atoms with Crippen LogP contribution in [0.1, 0.15) is 39.3 Å². The second kappa shape index (κ2) is 14.0. The summed E-state index contributed by atoms with van der Waals surface area (Å²) in [6.07, 6.45) is -0.389. The van der Waals surface area contributed by atoms with E-state index in [0.29, 0.717) is 6.61 Å². The quantitative estimate of drug-likeness (QED) is 0.158. The van der Waals surface area contributed by atoms with Crippen LogP contribution in [0.2, 0.25) is 0 Å². The van der Waals surface area contributed by atoms with Crippen LogP contribution in [0.15, 0.2) is 127 Å². The third kappa shape index (κ3) is 7.42. The largest absolute Gasteiger partial charge is 0.489 e. The molecule has 0 saturated carbocycles. The number of nitrogens with one attached hydrogen (secondary N) is 1. The molecule has 45 heavy (non-hydrogen) atoms. The van der Waals surface area contributed by atoms with Crippen molar-refractivity contribution in [3.8, 4) is 16.9 Å². The summed E-state index contributed by atoms with van der Waals surface area (Å²) in [5, 5.41) is 2.76. The fourth-order valence-corrected chi connectivity index (χ4v) is 5.61. The molecule has 0 fully saturated rings. The van der Waals surface area contributed by atoms with E-state index >= 15 is 0 Å². The third-order valence-corrected chi connectivity index (χ3v) is 8.03. The summed E-state index contributed by atoms with van der Waals surface area (Å²) in [4.78, 5) is 26.3. The molecule has 6 heteroatoms. The van der Waals surface area contributed by atoms with Crippen molar-refractivity contribution in [3.63, 3.8) is 0 Å². The molecule has 5 aromatic carbocycles. The van der Waals surface area contributed by atoms with E-state index in [4.69, 9.17) is 14.2 Å². The van der Waals surface area contributed by atoms with E-state index < -0.39 is 18.1 Å². The van der Waals surface area contributed by atoms with Gasteiger partial charge in [0.25, 0.3) is 0 Å². The van der Waals surface area contributed by atoms with E-state index in [0.717, 1.165) is 44.7 Å². The Morgan fingerprint density at radius 1 is 0.644 bits per heavy atom. The number of amides is 1. The highest BCUT2D eigenvalue weighted by Gasteiger charge is 2.30. The summed E-state index contributed by atoms with van der Waals surface area (Å²) in [5.41, 5.74) is 8.55. The minimum Gasteiger partial charge on any atom is -0.489 e. The van der Waals surface area contributed by atoms with Gasteiger partial charge in [0.1, 0.15) is 31.6 Å². The van der Waals surface area contributed by atoms with Crippen molar-refractivity contribution in [2.75, 3.05) is 6.61 Å². The molecule has 1 N–H and O–H groups in total. The van der Waals surface area contributed by atoms with Gasteiger partial charge >= 0.3 is 12.1 Å². The highest BCUT2D eigenvalue weighted by atomic mass is 16.6. The van der Waals surface area contributed by atoms with Gasteiger partial charge in [-0.25, -0.2) is 9.59 Å². The number of alkyl carbamates (subject to hydrolysis) is 1. The first kappa shape index (κ1) is 29.7. The summed E-state index contributed by atoms with van der Waals surface area (Å²) in [7, 11) is 0. The van der Waals surface area contributed by atoms with Crippen molar-refractivity contribution in [3.05, 3.63) is 161 Å². The average Bonchev–Trinajstić information content (AvgIpc) is 3.40. The van der Waals surface area contributed by atoms with Crippen LogP contribution in [-0.2, 0) is 33.9 Å². The van der Waals surface area contributed by atoms with Gasteiger partial charge in [0.05, 0.1) is 0 Å². The molecule has 226 valence electrons. The van der Waals surface area contributed by atoms with Gasteiger partial charge < -0.3 is 19.5 Å². The number of carbonyl (C=O) groups excluding carboxylic acids is 2. The Balaban J connectivity index is 1.06. The number of esters is 1. The van der Waals surface area contributed by atoms with E-state index in [-0.39, 0.29) is 25.6 Å². The van der Waals surface area contributed by atoms with Crippen molar-refractivity contribution in [2.24, 2.45) is 0 Å². The number of benzene rings is 5. The number of hydrogen-bond acceptors (Lipinski definition) is 5. The highest BCUT2D eigenvalue weighted by molar-refractivity contribution is 5.82. The smallest absolute Gasteiger partial charge is 0.407 e. The molecular weight excluding hydrogens is 562 g/mol. The maximum absolute atomic E-state index is 13.3. The number of ether oxygens (including phenoxy) is 3. The number of hydrogen-bond donors (Lipinski definition) is 1. The lowest BCUT2D eigenvalue weighted by atomic mass is 9.98. The predicted molar refractivity (Wildman–Crippen MR) is 174 cm³/mol. The van der Waals surface area contributed by atoms with Crippen molar-refractivity contribution >= 4 is 12.1 Å². The van der Waals surface area contributed by atoms with Crippen molar-refractivity contribution in [2.45, 2.75) is 38.5 Å². The van der Waals surface area contributed by atoms with Crippen LogP contribution in [0.4, 0.5) is 4.79 Å². The van der Waals surface area contributed by atoms with Gasteiger partial charge in [-0.1, -0.05) is 121 Å². The van der Waals surface area contributed by atoms with E-state index in [1.165, 1.54) is 5.56 Å². The zero-order valence-electron chi connectivity index (χ0n) is 25.1. The van der Waals surface area contributed by atoms with E-state index in [1.807, 2.05) is 91.0 Å². The average molecular weight is 598 g/mol. The first-order valence-electron chi connectivity index (χ1n) is 15.1. The SMILES string of the molecule is Cc1ccc(COc2ccc(COC(=O)[C@H](Cc3ccccc3)NC(=O)OCC3c4ccccc4-c4ccccc43)cc2)cc1. The summed E-state index contributed by atoms with van der Waals surface area (Å²) in [5.74, 6) is 0.114. The fourth-order valence-electron chi connectivity index (χ4n) is 5.61. The molecule has 5 aromatic rings. The Hall–Kier alpha value is -5.36. The van der Waals surface area contributed by atoms with Gasteiger partial charge in [0.15, 0.2) is 0 Å². The molecule has 1 aliphatic carbocycles. The Morgan fingerprint density at radius 2 is 1.22 bits per heavy atom. The number of fused-ring (bicyclic) bond motifs is 3. The van der Waals surface area contributed by atoms with Crippen LogP contribution >= 0.6 is 0 Å². The molecule has 6 rings (SSSR count). The topological polar surface area (TPSA) is 73.9 Å². The molecule has 0 radical (unpaired) electrons. The molecule has 0 bridgehead atoms. The van der Waals surface area contributed by atoms with Crippen LogP contribution in [0, 0.1) is 6.92 Å². The summed E-state index contributed by atoms with van der Waals surface area (Å²) < 4.78 is 17.3. The molecule has 1 aliphatic rings. The number of carbonyl (C=O) groups is 2. The maximum atomic E-state index is 13.3. The van der Waals surface area contributed by atoms with Gasteiger partial charge in [0, 0.05) is 12.3 Å². The number of aryl methyl sites for hydroxylation is 1. The molecule has 6 nitrogen and oxygen atoms in total. The van der Waals surface area contributed by atoms with Gasteiger partial charge in [-0.15, -0.1) is 0 Å². The van der Waals surface area contributed by atoms with Crippen LogP contribution < -0.4 is 10.1 Å². The molecule has 0 unspecified atom stereocenters. The predicted octanol–water partition coefficient (Wildman–Crippen LogP) is 7.77. The molecule has 0 heterocycles. The Labute approximate surface area is 263 Å². The molecular formula is C39H35NO5. The molecule has 0 spiro atoms. The van der Waals surface area contributed by atoms with Gasteiger partial charge in [-0.3, -0.25) is 0 Å². The van der Waals surface area contributed by atoms with Crippen LogP contribution in [0.5, 0.6) is 5.75 Å². The summed E-state index contributed by atoms with van der Waals surface area (Å²) >= 11 is 0. The first-order chi connectivity index (χ1) is 22.0. The normalized spacial score (nSPS) is 12.5. The van der Waals surface area contributed by atoms with Crippen LogP contribution in [0.3, 0.4) is 0 Å². The zero-order chi connectivity index (χ0) is 31.0. The zero-order valence-corrected chi connectivity index (χ0v) is 25.1. The Kier molecular flexibility index (Phi) is 9.21. The second-order valence-corrected chi connectivity index (χ2v) is 11.2. The minimum absolute atomic E-state index is 0.0642. The molecule has 0 saturated heterocycles. The molecule has 0 aliphatic heterocycles. The Bertz CT molecular complexity index is 1700. The van der Waals surface area contributed by atoms with Crippen molar-refractivity contribution in [1.82, 2.24) is 5.32 Å². The minimum atomic E-state index is -0.917. The fraction of sp³-hybridized carbons (Fsp3) is 0.179. The number of rotatable bonds is 11. The van der Waals surface area contributed by atoms with Gasteiger partial charge in [0.2, 0.25) is 0 Å². The van der Waals surface area contributed by atoms with E-state index in [2.05, 4.69) is 48.6 Å². The van der Waals surface area contributed by atoms with Crippen LogP contribution in [-0.4, -0.2) is 24.7 Å². The van der Waals surface area contributed by atoms with Crippen molar-refractivity contribution in [1.29, 1.82) is 0 Å². The lowest BCUT2D eigenvalue weighted by molar-refractivity contribution is -0.147. The van der Waals surface area contributed by atoms with Crippen molar-refractivity contribution < 1.29 is 23.8 Å². The lowest BCUT2D eigenvalue weighted by Crippen LogP contribution is -2.43. The highest BCUT2D eigenvalue weighted by Crippen LogP contribution is 2.44. The summed E-state index contributed by atoms with van der Waals surface area (Å²) in [6.45, 7) is 2.74. The van der Waals surface area contributed by atoms with Gasteiger partial charge in [-0.2, -0.15) is 0 Å². The van der Waals surface area contributed by atoms with Crippen LogP contribution in [0.25, 0.3) is 11.1 Å². The molecule has 1 amide bonds. The summed E-state index contributed by atoms with van der Waals surface area (Å²) in [6, 6.07) is 40.6. The Morgan fingerprint density at radius 3 is 1.89 bits per heavy atom. The first-order valence-corrected chi connectivity index (χ1v) is 15.1. The molecule has 1 atom stereocenters. The molecule has 0 aromatic heterocycles.